The van der Waals surface area contributed by atoms with E-state index in [0.29, 0.717) is 6.42 Å². The van der Waals surface area contributed by atoms with Crippen molar-refractivity contribution >= 4 is 5.91 Å². The van der Waals surface area contributed by atoms with Crippen molar-refractivity contribution in [3.8, 4) is 0 Å². The van der Waals surface area contributed by atoms with Gasteiger partial charge >= 0.3 is 12.1 Å². The molecule has 6 heteroatoms. The molecule has 0 bridgehead atoms. The molecule has 0 saturated heterocycles. The molecule has 3 nitrogen and oxygen atoms in total. The minimum absolute atomic E-state index is 0.0494. The van der Waals surface area contributed by atoms with Gasteiger partial charge in [-0.05, 0) is 6.42 Å². The predicted molar refractivity (Wildman–Crippen MR) is 41.5 cm³/mol. The fourth-order valence-corrected chi connectivity index (χ4v) is 0.797. The number of nitrogens with two attached hydrogens (primary N) is 1. The number of amides is 1. The van der Waals surface area contributed by atoms with E-state index in [9.17, 15) is 18.0 Å². The van der Waals surface area contributed by atoms with Gasteiger partial charge in [0.25, 0.3) is 0 Å². The number of halogens is 3. The number of carbonyl (C=O) groups excluding carboxylic acids is 1. The van der Waals surface area contributed by atoms with Gasteiger partial charge in [0.1, 0.15) is 0 Å². The van der Waals surface area contributed by atoms with Crippen molar-refractivity contribution in [2.75, 3.05) is 6.54 Å². The van der Waals surface area contributed by atoms with Crippen molar-refractivity contribution in [2.45, 2.75) is 32.4 Å². The number of alkyl halides is 3. The summed E-state index contributed by atoms with van der Waals surface area (Å²) in [7, 11) is 0. The monoisotopic (exact) mass is 198 g/mol. The minimum Gasteiger partial charge on any atom is -0.273 e. The molecule has 2 N–H and O–H groups in total. The minimum atomic E-state index is -4.86. The van der Waals surface area contributed by atoms with E-state index in [1.807, 2.05) is 6.92 Å². The van der Waals surface area contributed by atoms with Crippen molar-refractivity contribution < 1.29 is 18.0 Å². The first kappa shape index (κ1) is 12.2. The van der Waals surface area contributed by atoms with Crippen LogP contribution in [0.1, 0.15) is 26.2 Å². The molecule has 0 heterocycles. The van der Waals surface area contributed by atoms with Crippen LogP contribution in [0.2, 0.25) is 0 Å². The standard InChI is InChI=1S/C7H13F3N2O/c1-2-3-4-5-12(11)6(13)7(8,9)10/h2-5,11H2,1H3. The third kappa shape index (κ3) is 4.72. The van der Waals surface area contributed by atoms with Crippen LogP contribution in [-0.4, -0.2) is 23.6 Å². The molecule has 13 heavy (non-hydrogen) atoms. The summed E-state index contributed by atoms with van der Waals surface area (Å²) in [6, 6.07) is 0. The van der Waals surface area contributed by atoms with Gasteiger partial charge in [0.2, 0.25) is 0 Å². The van der Waals surface area contributed by atoms with Gasteiger partial charge in [-0.15, -0.1) is 0 Å². The molecule has 0 radical (unpaired) electrons. The van der Waals surface area contributed by atoms with Crippen LogP contribution in [0.15, 0.2) is 0 Å². The molecule has 1 amide bonds. The van der Waals surface area contributed by atoms with Crippen LogP contribution in [0, 0.1) is 0 Å². The number of unbranched alkanes of at least 4 members (excludes halogenated alkanes) is 2. The average Bonchev–Trinajstić information content (AvgIpc) is 2.01. The van der Waals surface area contributed by atoms with Gasteiger partial charge < -0.3 is 0 Å². The van der Waals surface area contributed by atoms with E-state index < -0.39 is 12.1 Å². The predicted octanol–water partition coefficient (Wildman–Crippen LogP) is 1.44. The molecule has 0 fully saturated rings. The Morgan fingerprint density at radius 3 is 2.31 bits per heavy atom. The summed E-state index contributed by atoms with van der Waals surface area (Å²) >= 11 is 0. The largest absolute Gasteiger partial charge is 0.472 e. The zero-order valence-corrected chi connectivity index (χ0v) is 7.40. The Hall–Kier alpha value is -0.780. The number of hydrogen-bond acceptors (Lipinski definition) is 2. The summed E-state index contributed by atoms with van der Waals surface area (Å²) in [6.45, 7) is 1.86. The van der Waals surface area contributed by atoms with Gasteiger partial charge in [-0.25, -0.2) is 5.84 Å². The summed E-state index contributed by atoms with van der Waals surface area (Å²) in [5, 5.41) is 0.218. The highest BCUT2D eigenvalue weighted by Crippen LogP contribution is 2.16. The SMILES string of the molecule is CCCCCN(N)C(=O)C(F)(F)F. The first-order valence-electron chi connectivity index (χ1n) is 4.03. The maximum atomic E-state index is 11.7. The third-order valence-electron chi connectivity index (χ3n) is 1.51. The topological polar surface area (TPSA) is 46.3 Å². The third-order valence-corrected chi connectivity index (χ3v) is 1.51. The van der Waals surface area contributed by atoms with E-state index >= 15 is 0 Å². The van der Waals surface area contributed by atoms with Crippen molar-refractivity contribution in [1.82, 2.24) is 5.01 Å². The summed E-state index contributed by atoms with van der Waals surface area (Å²) in [5.74, 6) is 2.93. The molecule has 0 aliphatic rings. The molecule has 0 aromatic rings. The fourth-order valence-electron chi connectivity index (χ4n) is 0.797. The van der Waals surface area contributed by atoms with Gasteiger partial charge in [-0.3, -0.25) is 9.80 Å². The van der Waals surface area contributed by atoms with E-state index in [2.05, 4.69) is 0 Å². The highest BCUT2D eigenvalue weighted by molar-refractivity contribution is 5.81. The second-order valence-electron chi connectivity index (χ2n) is 2.70. The van der Waals surface area contributed by atoms with Crippen LogP contribution in [0.5, 0.6) is 0 Å². The second-order valence-corrected chi connectivity index (χ2v) is 2.70. The maximum absolute atomic E-state index is 11.7. The van der Waals surface area contributed by atoms with E-state index in [1.165, 1.54) is 0 Å². The van der Waals surface area contributed by atoms with E-state index in [0.717, 1.165) is 12.8 Å². The normalized spacial score (nSPS) is 11.5. The molecular weight excluding hydrogens is 185 g/mol. The summed E-state index contributed by atoms with van der Waals surface area (Å²) < 4.78 is 35.2. The Balaban J connectivity index is 3.84. The number of nitrogens with zero attached hydrogens (tertiary/aromatic N) is 1. The van der Waals surface area contributed by atoms with Gasteiger partial charge in [-0.1, -0.05) is 19.8 Å². The van der Waals surface area contributed by atoms with Gasteiger partial charge in [-0.2, -0.15) is 13.2 Å². The summed E-state index contributed by atoms with van der Waals surface area (Å²) in [6.07, 6.45) is -2.73. The first-order valence-corrected chi connectivity index (χ1v) is 4.03. The maximum Gasteiger partial charge on any atom is 0.472 e. The highest BCUT2D eigenvalue weighted by Gasteiger charge is 2.41. The Kier molecular flexibility index (Phi) is 4.76. The fraction of sp³-hybridized carbons (Fsp3) is 0.857. The number of carbonyl (C=O) groups is 1. The Morgan fingerprint density at radius 1 is 1.38 bits per heavy atom. The summed E-state index contributed by atoms with van der Waals surface area (Å²) in [5.41, 5.74) is 0. The van der Waals surface area contributed by atoms with Crippen LogP contribution < -0.4 is 5.84 Å². The Labute approximate surface area is 74.7 Å². The van der Waals surface area contributed by atoms with Crippen LogP contribution in [0.25, 0.3) is 0 Å². The molecule has 0 saturated carbocycles. The molecule has 0 aliphatic carbocycles. The van der Waals surface area contributed by atoms with Gasteiger partial charge in [0.05, 0.1) is 0 Å². The Morgan fingerprint density at radius 2 is 1.92 bits per heavy atom. The lowest BCUT2D eigenvalue weighted by atomic mass is 10.2. The summed E-state index contributed by atoms with van der Waals surface area (Å²) in [4.78, 5) is 10.4. The van der Waals surface area contributed by atoms with E-state index in [4.69, 9.17) is 5.84 Å². The lowest BCUT2D eigenvalue weighted by Crippen LogP contribution is -2.46. The number of hydrogen-bond donors (Lipinski definition) is 1. The molecule has 0 atom stereocenters. The van der Waals surface area contributed by atoms with Crippen molar-refractivity contribution in [2.24, 2.45) is 5.84 Å². The molecule has 0 spiro atoms. The zero-order valence-electron chi connectivity index (χ0n) is 7.40. The molecule has 0 aromatic heterocycles. The van der Waals surface area contributed by atoms with Crippen molar-refractivity contribution in [3.05, 3.63) is 0 Å². The quantitative estimate of drug-likeness (QED) is 0.321. The lowest BCUT2D eigenvalue weighted by molar-refractivity contribution is -0.185. The zero-order chi connectivity index (χ0) is 10.5. The molecule has 0 rings (SSSR count). The number of rotatable bonds is 4. The number of hydrazine groups is 1. The molecule has 0 aromatic carbocycles. The van der Waals surface area contributed by atoms with Gasteiger partial charge in [0.15, 0.2) is 0 Å². The molecule has 78 valence electrons. The van der Waals surface area contributed by atoms with Crippen LogP contribution in [0.4, 0.5) is 13.2 Å². The van der Waals surface area contributed by atoms with Crippen molar-refractivity contribution in [1.29, 1.82) is 0 Å². The van der Waals surface area contributed by atoms with E-state index in [1.54, 1.807) is 0 Å². The van der Waals surface area contributed by atoms with Gasteiger partial charge in [0, 0.05) is 6.54 Å². The highest BCUT2D eigenvalue weighted by atomic mass is 19.4. The first-order chi connectivity index (χ1) is 5.89. The average molecular weight is 198 g/mol. The lowest BCUT2D eigenvalue weighted by Gasteiger charge is -2.17. The van der Waals surface area contributed by atoms with Crippen LogP contribution >= 0.6 is 0 Å². The molecule has 0 aliphatic heterocycles. The second kappa shape index (κ2) is 5.06. The van der Waals surface area contributed by atoms with E-state index in [-0.39, 0.29) is 11.6 Å². The van der Waals surface area contributed by atoms with Crippen LogP contribution in [-0.2, 0) is 4.79 Å². The van der Waals surface area contributed by atoms with Crippen molar-refractivity contribution in [3.63, 3.8) is 0 Å². The smallest absolute Gasteiger partial charge is 0.273 e. The molecular formula is C7H13F3N2O. The molecule has 0 unspecified atom stereocenters. The van der Waals surface area contributed by atoms with Crippen LogP contribution in [0.3, 0.4) is 0 Å². The Bertz CT molecular complexity index is 170.